The highest BCUT2D eigenvalue weighted by Crippen LogP contribution is 2.53. The van der Waals surface area contributed by atoms with Gasteiger partial charge in [0.2, 0.25) is 0 Å². The minimum absolute atomic E-state index is 0.0969. The van der Waals surface area contributed by atoms with E-state index in [0.717, 1.165) is 37.9 Å². The highest BCUT2D eigenvalue weighted by molar-refractivity contribution is 7.88. The maximum Gasteiger partial charge on any atom is 0.534 e. The van der Waals surface area contributed by atoms with Crippen LogP contribution in [0, 0.1) is 29.6 Å². The maximum atomic E-state index is 12.4. The van der Waals surface area contributed by atoms with Crippen LogP contribution in [0.1, 0.15) is 44.7 Å². The Morgan fingerprint density at radius 3 is 2.65 bits per heavy atom. The molecule has 170 valence electrons. The van der Waals surface area contributed by atoms with E-state index in [9.17, 15) is 26.4 Å². The van der Waals surface area contributed by atoms with E-state index in [1.165, 1.54) is 12.5 Å². The van der Waals surface area contributed by atoms with Crippen LogP contribution in [0.3, 0.4) is 0 Å². The van der Waals surface area contributed by atoms with Crippen molar-refractivity contribution < 1.29 is 35.3 Å². The van der Waals surface area contributed by atoms with Crippen molar-refractivity contribution >= 4 is 22.2 Å². The SMILES string of the molecule is C[C@@H]1OC(=O)C2CC3CCCCC3C(C=Cc3ccc(OS(=O)(=O)C(F)(F)F)cn3)C21. The molecule has 4 rings (SSSR count). The highest BCUT2D eigenvalue weighted by atomic mass is 32.2. The number of nitrogens with zero attached hydrogens (tertiary/aromatic N) is 1. The van der Waals surface area contributed by atoms with Gasteiger partial charge in [0.25, 0.3) is 0 Å². The van der Waals surface area contributed by atoms with E-state index >= 15 is 0 Å². The van der Waals surface area contributed by atoms with E-state index in [2.05, 4.69) is 9.17 Å². The Labute approximate surface area is 179 Å². The number of ether oxygens (including phenoxy) is 1. The molecule has 3 fully saturated rings. The lowest BCUT2D eigenvalue weighted by atomic mass is 9.57. The van der Waals surface area contributed by atoms with E-state index in [0.29, 0.717) is 17.5 Å². The number of fused-ring (bicyclic) bond motifs is 2. The van der Waals surface area contributed by atoms with Gasteiger partial charge in [-0.3, -0.25) is 9.78 Å². The van der Waals surface area contributed by atoms with Crippen molar-refractivity contribution in [3.05, 3.63) is 30.1 Å². The largest absolute Gasteiger partial charge is 0.534 e. The fourth-order valence-corrected chi connectivity index (χ4v) is 5.96. The van der Waals surface area contributed by atoms with Crippen LogP contribution in [-0.4, -0.2) is 31.0 Å². The minimum Gasteiger partial charge on any atom is -0.462 e. The molecular formula is C21H24F3NO5S. The van der Waals surface area contributed by atoms with Crippen LogP contribution < -0.4 is 4.18 Å². The van der Waals surface area contributed by atoms with Gasteiger partial charge in [-0.2, -0.15) is 21.6 Å². The number of aromatic nitrogens is 1. The lowest BCUT2D eigenvalue weighted by Crippen LogP contribution is -2.42. The predicted molar refractivity (Wildman–Crippen MR) is 105 cm³/mol. The number of pyridine rings is 1. The fraction of sp³-hybridized carbons (Fsp3) is 0.619. The molecule has 1 aliphatic heterocycles. The summed E-state index contributed by atoms with van der Waals surface area (Å²) >= 11 is 0. The number of esters is 1. The first-order chi connectivity index (χ1) is 14.6. The summed E-state index contributed by atoms with van der Waals surface area (Å²) in [6.07, 6.45) is 10.0. The number of cyclic esters (lactones) is 1. The van der Waals surface area contributed by atoms with Gasteiger partial charge in [-0.05, 0) is 55.7 Å². The first-order valence-corrected chi connectivity index (χ1v) is 11.8. The second-order valence-electron chi connectivity index (χ2n) is 8.61. The normalized spacial score (nSPS) is 33.6. The molecule has 3 aliphatic rings. The second-order valence-corrected chi connectivity index (χ2v) is 10.1. The van der Waals surface area contributed by atoms with E-state index in [4.69, 9.17) is 4.74 Å². The molecule has 10 heteroatoms. The quantitative estimate of drug-likeness (QED) is 0.379. The first-order valence-electron chi connectivity index (χ1n) is 10.4. The Balaban J connectivity index is 1.53. The van der Waals surface area contributed by atoms with Crippen molar-refractivity contribution in [3.63, 3.8) is 0 Å². The van der Waals surface area contributed by atoms with E-state index < -0.39 is 21.4 Å². The van der Waals surface area contributed by atoms with Crippen LogP contribution in [0.25, 0.3) is 6.08 Å². The van der Waals surface area contributed by atoms with Gasteiger partial charge >= 0.3 is 21.6 Å². The molecule has 1 aromatic rings. The Morgan fingerprint density at radius 1 is 1.23 bits per heavy atom. The minimum atomic E-state index is -5.73. The standard InChI is InChI=1S/C21H24F3NO5S/c1-12-19-17(16-5-3-2-4-13(16)10-18(19)20(26)29-12)9-7-14-6-8-15(11-25-14)30-31(27,28)21(22,23)24/h6-9,11-13,16-19H,2-5,10H2,1H3/t12-,13?,16?,17?,18?,19?/m0/s1. The topological polar surface area (TPSA) is 82.6 Å². The molecule has 2 saturated carbocycles. The van der Waals surface area contributed by atoms with Gasteiger partial charge in [0.15, 0.2) is 5.75 Å². The number of hydrogen-bond donors (Lipinski definition) is 0. The fourth-order valence-electron chi connectivity index (χ4n) is 5.51. The first kappa shape index (κ1) is 22.1. The van der Waals surface area contributed by atoms with Crippen LogP contribution in [0.5, 0.6) is 5.75 Å². The van der Waals surface area contributed by atoms with Gasteiger partial charge < -0.3 is 8.92 Å². The van der Waals surface area contributed by atoms with Gasteiger partial charge in [-0.1, -0.05) is 25.3 Å². The summed E-state index contributed by atoms with van der Waals surface area (Å²) in [6.45, 7) is 1.93. The molecule has 31 heavy (non-hydrogen) atoms. The van der Waals surface area contributed by atoms with Crippen LogP contribution >= 0.6 is 0 Å². The smallest absolute Gasteiger partial charge is 0.462 e. The number of alkyl halides is 3. The number of halogens is 3. The van der Waals surface area contributed by atoms with E-state index in [1.807, 2.05) is 13.0 Å². The molecule has 1 saturated heterocycles. The molecule has 5 unspecified atom stereocenters. The summed E-state index contributed by atoms with van der Waals surface area (Å²) in [7, 11) is -5.73. The second kappa shape index (κ2) is 8.11. The third-order valence-corrected chi connectivity index (χ3v) is 7.79. The molecule has 2 aliphatic carbocycles. The number of allylic oxidation sites excluding steroid dienone is 1. The third-order valence-electron chi connectivity index (χ3n) is 6.81. The predicted octanol–water partition coefficient (Wildman–Crippen LogP) is 4.33. The summed E-state index contributed by atoms with van der Waals surface area (Å²) in [5.74, 6) is 0.465. The maximum absolute atomic E-state index is 12.4. The summed E-state index contributed by atoms with van der Waals surface area (Å²) < 4.78 is 69.2. The number of carbonyl (C=O) groups excluding carboxylic acids is 1. The summed E-state index contributed by atoms with van der Waals surface area (Å²) in [5, 5.41) is 0. The van der Waals surface area contributed by atoms with Gasteiger partial charge in [0.05, 0.1) is 17.8 Å². The van der Waals surface area contributed by atoms with Crippen LogP contribution in [0.4, 0.5) is 13.2 Å². The van der Waals surface area contributed by atoms with Crippen molar-refractivity contribution in [3.8, 4) is 5.75 Å². The number of hydrogen-bond acceptors (Lipinski definition) is 6. The molecular weight excluding hydrogens is 435 g/mol. The molecule has 0 radical (unpaired) electrons. The number of rotatable bonds is 4. The summed E-state index contributed by atoms with van der Waals surface area (Å²) in [4.78, 5) is 16.3. The van der Waals surface area contributed by atoms with Gasteiger partial charge in [-0.15, -0.1) is 0 Å². The van der Waals surface area contributed by atoms with Crippen molar-refractivity contribution in [1.29, 1.82) is 0 Å². The van der Waals surface area contributed by atoms with Crippen LogP contribution in [0.15, 0.2) is 24.4 Å². The van der Waals surface area contributed by atoms with E-state index in [1.54, 1.807) is 6.08 Å². The third kappa shape index (κ3) is 4.31. The average molecular weight is 459 g/mol. The zero-order valence-electron chi connectivity index (χ0n) is 16.9. The highest BCUT2D eigenvalue weighted by Gasteiger charge is 2.53. The molecule has 0 bridgehead atoms. The summed E-state index contributed by atoms with van der Waals surface area (Å²) in [6, 6.07) is 2.53. The molecule has 0 N–H and O–H groups in total. The zero-order chi connectivity index (χ0) is 22.4. The molecule has 0 spiro atoms. The van der Waals surface area contributed by atoms with Crippen molar-refractivity contribution in [1.82, 2.24) is 4.98 Å². The monoisotopic (exact) mass is 459 g/mol. The summed E-state index contributed by atoms with van der Waals surface area (Å²) in [5.41, 5.74) is -5.04. The lowest BCUT2D eigenvalue weighted by Gasteiger charge is -2.45. The Morgan fingerprint density at radius 2 is 1.97 bits per heavy atom. The Hall–Kier alpha value is -2.10. The molecule has 2 heterocycles. The molecule has 0 amide bonds. The van der Waals surface area contributed by atoms with Crippen molar-refractivity contribution in [2.24, 2.45) is 29.6 Å². The number of carbonyl (C=O) groups is 1. The van der Waals surface area contributed by atoms with Gasteiger partial charge in [0.1, 0.15) is 6.10 Å². The van der Waals surface area contributed by atoms with Crippen molar-refractivity contribution in [2.75, 3.05) is 0 Å². The average Bonchev–Trinajstić information content (AvgIpc) is 2.99. The van der Waals surface area contributed by atoms with E-state index in [-0.39, 0.29) is 29.8 Å². The van der Waals surface area contributed by atoms with Crippen molar-refractivity contribution in [2.45, 2.75) is 50.6 Å². The van der Waals surface area contributed by atoms with Gasteiger partial charge in [-0.25, -0.2) is 0 Å². The van der Waals surface area contributed by atoms with Crippen LogP contribution in [0.2, 0.25) is 0 Å². The molecule has 1 aromatic heterocycles. The van der Waals surface area contributed by atoms with Crippen LogP contribution in [-0.2, 0) is 19.6 Å². The molecule has 0 aromatic carbocycles. The zero-order valence-corrected chi connectivity index (χ0v) is 17.7. The Bertz CT molecular complexity index is 960. The Kier molecular flexibility index (Phi) is 5.78. The molecule has 6 atom stereocenters. The lowest BCUT2D eigenvalue weighted by molar-refractivity contribution is -0.144. The van der Waals surface area contributed by atoms with Gasteiger partial charge in [0, 0.05) is 5.92 Å². The molecule has 6 nitrogen and oxygen atoms in total.